The van der Waals surface area contributed by atoms with Crippen LogP contribution in [-0.4, -0.2) is 34.9 Å². The number of amides is 2. The normalized spacial score (nSPS) is 21.9. The number of aromatic nitrogens is 2. The lowest BCUT2D eigenvalue weighted by atomic mass is 10.1. The molecular weight excluding hydrogens is 270 g/mol. The Hall–Kier alpha value is -2.18. The smallest absolute Gasteiger partial charge is 0.249 e. The van der Waals surface area contributed by atoms with Crippen LogP contribution in [0.1, 0.15) is 43.0 Å². The van der Waals surface area contributed by atoms with Gasteiger partial charge in [-0.3, -0.25) is 14.9 Å². The molecule has 2 amide bonds. The van der Waals surface area contributed by atoms with Gasteiger partial charge in [0, 0.05) is 24.9 Å². The van der Waals surface area contributed by atoms with Gasteiger partial charge < -0.3 is 10.6 Å². The second-order valence-corrected chi connectivity index (χ2v) is 5.58. The highest BCUT2D eigenvalue weighted by Crippen LogP contribution is 2.39. The molecule has 3 rings (SSSR count). The van der Waals surface area contributed by atoms with Gasteiger partial charge in [0.05, 0.1) is 0 Å². The molecule has 0 bridgehead atoms. The van der Waals surface area contributed by atoms with Crippen molar-refractivity contribution in [1.29, 1.82) is 0 Å². The van der Waals surface area contributed by atoms with Crippen LogP contribution in [-0.2, 0) is 9.59 Å². The molecule has 2 heterocycles. The van der Waals surface area contributed by atoms with Gasteiger partial charge in [-0.05, 0) is 26.2 Å². The molecule has 1 unspecified atom stereocenters. The number of carbonyl (C=O) groups is 2. The second kappa shape index (κ2) is 5.31. The van der Waals surface area contributed by atoms with Crippen molar-refractivity contribution >= 4 is 23.5 Å². The molecule has 7 heteroatoms. The summed E-state index contributed by atoms with van der Waals surface area (Å²) in [5, 5.41) is 8.58. The number of nitrogens with one attached hydrogen (secondary N) is 3. The van der Waals surface area contributed by atoms with Crippen LogP contribution in [0.15, 0.2) is 0 Å². The van der Waals surface area contributed by atoms with Gasteiger partial charge in [0.1, 0.15) is 23.5 Å². The van der Waals surface area contributed by atoms with Gasteiger partial charge >= 0.3 is 0 Å². The van der Waals surface area contributed by atoms with Gasteiger partial charge in [-0.1, -0.05) is 0 Å². The molecule has 1 aliphatic carbocycles. The minimum Gasteiger partial charge on any atom is -0.373 e. The summed E-state index contributed by atoms with van der Waals surface area (Å²) in [6.45, 7) is 1.91. The zero-order valence-corrected chi connectivity index (χ0v) is 12.2. The van der Waals surface area contributed by atoms with Crippen LogP contribution in [0.2, 0.25) is 0 Å². The molecule has 7 nitrogen and oxygen atoms in total. The highest BCUT2D eigenvalue weighted by Gasteiger charge is 2.30. The molecule has 3 N–H and O–H groups in total. The monoisotopic (exact) mass is 289 g/mol. The van der Waals surface area contributed by atoms with E-state index in [1.807, 2.05) is 14.0 Å². The van der Waals surface area contributed by atoms with Gasteiger partial charge in [-0.15, -0.1) is 0 Å². The number of rotatable bonds is 4. The Balaban J connectivity index is 1.85. The molecule has 1 saturated carbocycles. The molecule has 1 saturated heterocycles. The maximum Gasteiger partial charge on any atom is 0.249 e. The summed E-state index contributed by atoms with van der Waals surface area (Å²) in [6.07, 6.45) is 3.07. The molecule has 21 heavy (non-hydrogen) atoms. The van der Waals surface area contributed by atoms with Crippen molar-refractivity contribution < 1.29 is 9.59 Å². The van der Waals surface area contributed by atoms with E-state index in [0.717, 1.165) is 30.0 Å². The number of hydrogen-bond acceptors (Lipinski definition) is 6. The Bertz CT molecular complexity index is 597. The fourth-order valence-corrected chi connectivity index (χ4v) is 2.44. The Labute approximate surface area is 122 Å². The fraction of sp³-hybridized carbons (Fsp3) is 0.571. The Morgan fingerprint density at radius 2 is 1.86 bits per heavy atom. The van der Waals surface area contributed by atoms with E-state index in [1.165, 1.54) is 0 Å². The minimum absolute atomic E-state index is 0.216. The van der Waals surface area contributed by atoms with Crippen LogP contribution >= 0.6 is 0 Å². The number of anilines is 2. The molecular formula is C14H19N5O2. The van der Waals surface area contributed by atoms with E-state index in [0.29, 0.717) is 24.6 Å². The van der Waals surface area contributed by atoms with Crippen molar-refractivity contribution in [3.63, 3.8) is 0 Å². The molecule has 0 aromatic carbocycles. The highest BCUT2D eigenvalue weighted by atomic mass is 16.2. The lowest BCUT2D eigenvalue weighted by Crippen LogP contribution is -2.47. The minimum atomic E-state index is -0.423. The largest absolute Gasteiger partial charge is 0.373 e. The van der Waals surface area contributed by atoms with E-state index < -0.39 is 6.04 Å². The molecule has 2 fully saturated rings. The molecule has 112 valence electrons. The molecule has 1 atom stereocenters. The summed E-state index contributed by atoms with van der Waals surface area (Å²) < 4.78 is 0. The van der Waals surface area contributed by atoms with Crippen molar-refractivity contribution in [2.24, 2.45) is 0 Å². The van der Waals surface area contributed by atoms with Gasteiger partial charge in [0.2, 0.25) is 11.8 Å². The Kier molecular flexibility index (Phi) is 3.48. The van der Waals surface area contributed by atoms with Gasteiger partial charge in [-0.25, -0.2) is 9.97 Å². The maximum atomic E-state index is 11.9. The van der Waals surface area contributed by atoms with Crippen molar-refractivity contribution in [2.45, 2.75) is 44.6 Å². The first-order valence-corrected chi connectivity index (χ1v) is 7.25. The zero-order chi connectivity index (χ0) is 15.0. The van der Waals surface area contributed by atoms with Crippen LogP contribution < -0.4 is 16.0 Å². The van der Waals surface area contributed by atoms with Crippen LogP contribution in [0.25, 0.3) is 0 Å². The average molecular weight is 289 g/mol. The quantitative estimate of drug-likeness (QED) is 0.713. The lowest BCUT2D eigenvalue weighted by molar-refractivity contribution is -0.133. The summed E-state index contributed by atoms with van der Waals surface area (Å²) in [6, 6.07) is -0.423. The Morgan fingerprint density at radius 3 is 2.48 bits per heavy atom. The van der Waals surface area contributed by atoms with Crippen LogP contribution in [0.4, 0.5) is 11.6 Å². The summed E-state index contributed by atoms with van der Waals surface area (Å²) in [7, 11) is 1.82. The molecule has 2 aliphatic rings. The second-order valence-electron chi connectivity index (χ2n) is 5.58. The van der Waals surface area contributed by atoms with Crippen LogP contribution in [0.3, 0.4) is 0 Å². The number of imide groups is 1. The van der Waals surface area contributed by atoms with Crippen molar-refractivity contribution in [3.05, 3.63) is 11.4 Å². The number of piperidine rings is 1. The molecule has 0 radical (unpaired) electrons. The molecule has 1 aromatic rings. The van der Waals surface area contributed by atoms with Gasteiger partial charge in [0.25, 0.3) is 0 Å². The van der Waals surface area contributed by atoms with Crippen molar-refractivity contribution in [1.82, 2.24) is 15.3 Å². The first-order chi connectivity index (χ1) is 10.1. The third-order valence-corrected chi connectivity index (χ3v) is 3.89. The van der Waals surface area contributed by atoms with Gasteiger partial charge in [0.15, 0.2) is 0 Å². The number of nitrogens with zero attached hydrogens (tertiary/aromatic N) is 2. The van der Waals surface area contributed by atoms with E-state index in [9.17, 15) is 9.59 Å². The SMILES string of the molecule is CNc1nc(C2CC2)nc(NC2CCC(=O)NC2=O)c1C. The molecule has 0 spiro atoms. The number of carbonyl (C=O) groups excluding carboxylic acids is 2. The lowest BCUT2D eigenvalue weighted by Gasteiger charge is -2.23. The highest BCUT2D eigenvalue weighted by molar-refractivity contribution is 6.01. The molecule has 1 aliphatic heterocycles. The third-order valence-electron chi connectivity index (χ3n) is 3.89. The van der Waals surface area contributed by atoms with E-state index in [-0.39, 0.29) is 11.8 Å². The standard InChI is InChI=1S/C14H19N5O2/c1-7-11(15-2)18-13(8-3-4-8)19-12(7)16-9-5-6-10(20)17-14(9)21/h8-9H,3-6H2,1-2H3,(H,17,20,21)(H2,15,16,18,19). The summed E-state index contributed by atoms with van der Waals surface area (Å²) in [4.78, 5) is 32.1. The first-order valence-electron chi connectivity index (χ1n) is 7.25. The van der Waals surface area contributed by atoms with Crippen molar-refractivity contribution in [2.75, 3.05) is 17.7 Å². The van der Waals surface area contributed by atoms with E-state index in [1.54, 1.807) is 0 Å². The fourth-order valence-electron chi connectivity index (χ4n) is 2.44. The van der Waals surface area contributed by atoms with Gasteiger partial charge in [-0.2, -0.15) is 0 Å². The summed E-state index contributed by atoms with van der Waals surface area (Å²) in [5.74, 6) is 2.20. The Morgan fingerprint density at radius 1 is 1.14 bits per heavy atom. The summed E-state index contributed by atoms with van der Waals surface area (Å²) >= 11 is 0. The van der Waals surface area contributed by atoms with Crippen LogP contribution in [0.5, 0.6) is 0 Å². The zero-order valence-electron chi connectivity index (χ0n) is 12.2. The van der Waals surface area contributed by atoms with Crippen LogP contribution in [0, 0.1) is 6.92 Å². The van der Waals surface area contributed by atoms with E-state index >= 15 is 0 Å². The number of hydrogen-bond donors (Lipinski definition) is 3. The summed E-state index contributed by atoms with van der Waals surface area (Å²) in [5.41, 5.74) is 0.881. The predicted molar refractivity (Wildman–Crippen MR) is 78.1 cm³/mol. The average Bonchev–Trinajstić information content (AvgIpc) is 3.28. The molecule has 1 aromatic heterocycles. The topological polar surface area (TPSA) is 96.0 Å². The first kappa shape index (κ1) is 13.8. The van der Waals surface area contributed by atoms with E-state index in [2.05, 4.69) is 25.9 Å². The van der Waals surface area contributed by atoms with Crippen molar-refractivity contribution in [3.8, 4) is 0 Å². The third kappa shape index (κ3) is 2.81. The van der Waals surface area contributed by atoms with E-state index in [4.69, 9.17) is 0 Å². The predicted octanol–water partition coefficient (Wildman–Crippen LogP) is 0.921. The maximum absolute atomic E-state index is 11.9.